The Morgan fingerprint density at radius 1 is 1.13 bits per heavy atom. The lowest BCUT2D eigenvalue weighted by Crippen LogP contribution is -2.41. The number of nitrogens with zero attached hydrogens (tertiary/aromatic N) is 1. The first-order valence-electron chi connectivity index (χ1n) is 7.41. The number of rotatable bonds is 3. The molecule has 0 aliphatic carbocycles. The van der Waals surface area contributed by atoms with Crippen LogP contribution >= 0.6 is 15.9 Å². The number of carbonyl (C=O) groups is 2. The number of hydrogen-bond donors (Lipinski definition) is 0. The van der Waals surface area contributed by atoms with Gasteiger partial charge in [0.1, 0.15) is 4.32 Å². The van der Waals surface area contributed by atoms with Crippen molar-refractivity contribution >= 4 is 33.6 Å². The Hall–Kier alpha value is -2.14. The van der Waals surface area contributed by atoms with Crippen LogP contribution in [0.4, 0.5) is 10.5 Å². The van der Waals surface area contributed by atoms with Gasteiger partial charge in [-0.3, -0.25) is 4.79 Å². The molecule has 0 spiro atoms. The fraction of sp³-hybridized carbons (Fsp3) is 0.222. The van der Waals surface area contributed by atoms with Gasteiger partial charge in [-0.2, -0.15) is 0 Å². The topological polar surface area (TPSA) is 46.6 Å². The molecule has 0 fully saturated rings. The molecule has 0 radical (unpaired) electrons. The first-order chi connectivity index (χ1) is 11.1. The standard InChI is InChI=1S/C18H16BrNO3/c1-2-23-17(22)20-15-11-7-6-10-14(15)18(19,16(20)21)12-13-8-4-3-5-9-13/h3-11H,2,12H2,1H3. The Morgan fingerprint density at radius 3 is 2.48 bits per heavy atom. The predicted molar refractivity (Wildman–Crippen MR) is 91.7 cm³/mol. The van der Waals surface area contributed by atoms with Crippen LogP contribution in [-0.2, 0) is 20.3 Å². The van der Waals surface area contributed by atoms with E-state index in [1.165, 1.54) is 0 Å². The van der Waals surface area contributed by atoms with E-state index in [-0.39, 0.29) is 12.5 Å². The molecule has 1 unspecified atom stereocenters. The Labute approximate surface area is 143 Å². The number of para-hydroxylation sites is 1. The van der Waals surface area contributed by atoms with Gasteiger partial charge in [-0.05, 0) is 18.6 Å². The molecule has 3 rings (SSSR count). The van der Waals surface area contributed by atoms with Crippen molar-refractivity contribution in [2.24, 2.45) is 0 Å². The highest BCUT2D eigenvalue weighted by atomic mass is 79.9. The van der Waals surface area contributed by atoms with Crippen molar-refractivity contribution in [2.45, 2.75) is 17.7 Å². The number of halogens is 1. The Bertz CT molecular complexity index is 747. The molecule has 0 saturated carbocycles. The fourth-order valence-electron chi connectivity index (χ4n) is 2.82. The summed E-state index contributed by atoms with van der Waals surface area (Å²) < 4.78 is 4.08. The summed E-state index contributed by atoms with van der Waals surface area (Å²) in [5, 5.41) is 0. The molecule has 1 atom stereocenters. The van der Waals surface area contributed by atoms with E-state index in [1.807, 2.05) is 42.5 Å². The van der Waals surface area contributed by atoms with E-state index >= 15 is 0 Å². The van der Waals surface area contributed by atoms with Gasteiger partial charge in [0.05, 0.1) is 12.3 Å². The van der Waals surface area contributed by atoms with E-state index in [0.29, 0.717) is 12.1 Å². The normalized spacial score (nSPS) is 19.6. The van der Waals surface area contributed by atoms with Crippen molar-refractivity contribution in [1.29, 1.82) is 0 Å². The molecule has 23 heavy (non-hydrogen) atoms. The van der Waals surface area contributed by atoms with Gasteiger partial charge in [0, 0.05) is 12.0 Å². The van der Waals surface area contributed by atoms with Crippen molar-refractivity contribution < 1.29 is 14.3 Å². The highest BCUT2D eigenvalue weighted by Crippen LogP contribution is 2.48. The molecule has 0 saturated heterocycles. The summed E-state index contributed by atoms with van der Waals surface area (Å²) in [6.45, 7) is 1.94. The predicted octanol–water partition coefficient (Wildman–Crippen LogP) is 4.02. The van der Waals surface area contributed by atoms with Crippen molar-refractivity contribution in [3.63, 3.8) is 0 Å². The highest BCUT2D eigenvalue weighted by molar-refractivity contribution is 9.10. The maximum absolute atomic E-state index is 13.0. The molecule has 1 heterocycles. The lowest BCUT2D eigenvalue weighted by Gasteiger charge is -2.21. The number of benzene rings is 2. The van der Waals surface area contributed by atoms with Crippen molar-refractivity contribution in [1.82, 2.24) is 0 Å². The quantitative estimate of drug-likeness (QED) is 0.763. The lowest BCUT2D eigenvalue weighted by molar-refractivity contribution is -0.119. The minimum absolute atomic E-state index is 0.221. The van der Waals surface area contributed by atoms with Crippen molar-refractivity contribution in [3.8, 4) is 0 Å². The van der Waals surface area contributed by atoms with E-state index in [4.69, 9.17) is 4.74 Å². The highest BCUT2D eigenvalue weighted by Gasteiger charge is 2.51. The number of fused-ring (bicyclic) bond motifs is 1. The minimum Gasteiger partial charge on any atom is -0.449 e. The van der Waals surface area contributed by atoms with Crippen LogP contribution in [0, 0.1) is 0 Å². The number of hydrogen-bond acceptors (Lipinski definition) is 3. The number of alkyl halides is 1. The molecule has 1 aliphatic rings. The van der Waals surface area contributed by atoms with Crippen molar-refractivity contribution in [2.75, 3.05) is 11.5 Å². The second-order valence-electron chi connectivity index (χ2n) is 5.32. The third-order valence-corrected chi connectivity index (χ3v) is 4.90. The van der Waals surface area contributed by atoms with E-state index in [9.17, 15) is 9.59 Å². The molecule has 2 amide bonds. The zero-order valence-electron chi connectivity index (χ0n) is 12.7. The van der Waals surface area contributed by atoms with Crippen LogP contribution in [0.5, 0.6) is 0 Å². The molecule has 118 valence electrons. The van der Waals surface area contributed by atoms with Crippen LogP contribution in [0.25, 0.3) is 0 Å². The Kier molecular flexibility index (Phi) is 4.22. The maximum atomic E-state index is 13.0. The second kappa shape index (κ2) is 6.16. The van der Waals surface area contributed by atoms with Crippen LogP contribution in [-0.4, -0.2) is 18.6 Å². The summed E-state index contributed by atoms with van der Waals surface area (Å²) in [6.07, 6.45) is -0.182. The lowest BCUT2D eigenvalue weighted by atomic mass is 9.93. The average molecular weight is 374 g/mol. The summed E-state index contributed by atoms with van der Waals surface area (Å²) in [4.78, 5) is 26.3. The first kappa shape index (κ1) is 15.7. The zero-order chi connectivity index (χ0) is 16.4. The summed E-state index contributed by atoms with van der Waals surface area (Å²) in [7, 11) is 0. The van der Waals surface area contributed by atoms with Crippen molar-refractivity contribution in [3.05, 3.63) is 65.7 Å². The molecule has 0 bridgehead atoms. The number of ether oxygens (including phenoxy) is 1. The molecular weight excluding hydrogens is 358 g/mol. The summed E-state index contributed by atoms with van der Waals surface area (Å²) in [5.74, 6) is -0.319. The summed E-state index contributed by atoms with van der Waals surface area (Å²) >= 11 is 3.61. The smallest absolute Gasteiger partial charge is 0.421 e. The number of imide groups is 1. The van der Waals surface area contributed by atoms with Gasteiger partial charge in [-0.25, -0.2) is 9.69 Å². The van der Waals surface area contributed by atoms with Gasteiger partial charge in [0.15, 0.2) is 0 Å². The van der Waals surface area contributed by atoms with Gasteiger partial charge < -0.3 is 4.74 Å². The molecular formula is C18H16BrNO3. The molecule has 1 aliphatic heterocycles. The van der Waals surface area contributed by atoms with Gasteiger partial charge >= 0.3 is 6.09 Å². The third kappa shape index (κ3) is 2.65. The second-order valence-corrected chi connectivity index (χ2v) is 6.67. The van der Waals surface area contributed by atoms with E-state index in [0.717, 1.165) is 16.0 Å². The molecule has 5 heteroatoms. The van der Waals surface area contributed by atoms with Gasteiger partial charge in [0.2, 0.25) is 0 Å². The molecule has 0 aromatic heterocycles. The van der Waals surface area contributed by atoms with Crippen LogP contribution < -0.4 is 4.90 Å². The Balaban J connectivity index is 2.04. The average Bonchev–Trinajstić information content (AvgIpc) is 2.77. The monoisotopic (exact) mass is 373 g/mol. The molecule has 2 aromatic rings. The van der Waals surface area contributed by atoms with Gasteiger partial charge in [-0.1, -0.05) is 64.5 Å². The summed E-state index contributed by atoms with van der Waals surface area (Å²) in [6, 6.07) is 17.0. The van der Waals surface area contributed by atoms with Crippen LogP contribution in [0.1, 0.15) is 18.1 Å². The number of carbonyl (C=O) groups excluding carboxylic acids is 2. The fourth-order valence-corrected chi connectivity index (χ4v) is 3.66. The zero-order valence-corrected chi connectivity index (χ0v) is 14.2. The van der Waals surface area contributed by atoms with E-state index in [2.05, 4.69) is 15.9 Å². The molecule has 4 nitrogen and oxygen atoms in total. The number of anilines is 1. The van der Waals surface area contributed by atoms with E-state index in [1.54, 1.807) is 19.1 Å². The van der Waals surface area contributed by atoms with Crippen LogP contribution in [0.15, 0.2) is 54.6 Å². The van der Waals surface area contributed by atoms with Gasteiger partial charge in [0.25, 0.3) is 5.91 Å². The van der Waals surface area contributed by atoms with Gasteiger partial charge in [-0.15, -0.1) is 0 Å². The Morgan fingerprint density at radius 2 is 1.78 bits per heavy atom. The van der Waals surface area contributed by atoms with E-state index < -0.39 is 10.4 Å². The molecule has 0 N–H and O–H groups in total. The minimum atomic E-state index is -0.961. The largest absolute Gasteiger partial charge is 0.449 e. The first-order valence-corrected chi connectivity index (χ1v) is 8.21. The molecule has 2 aromatic carbocycles. The SMILES string of the molecule is CCOC(=O)N1C(=O)C(Br)(Cc2ccccc2)c2ccccc21. The number of amides is 2. The summed E-state index contributed by atoms with van der Waals surface area (Å²) in [5.41, 5.74) is 2.36. The maximum Gasteiger partial charge on any atom is 0.421 e. The van der Waals surface area contributed by atoms with Crippen LogP contribution in [0.2, 0.25) is 0 Å². The third-order valence-electron chi connectivity index (χ3n) is 3.85. The van der Waals surface area contributed by atoms with Crippen LogP contribution in [0.3, 0.4) is 0 Å².